The van der Waals surface area contributed by atoms with Crippen molar-refractivity contribution in [1.29, 1.82) is 0 Å². The molecule has 5 aromatic rings. The Morgan fingerprint density at radius 2 is 1.49 bits per heavy atom. The molecule has 0 atom stereocenters. The number of pyridine rings is 1. The Balaban J connectivity index is 1.64. The summed E-state index contributed by atoms with van der Waals surface area (Å²) in [6, 6.07) is 24.7. The van der Waals surface area contributed by atoms with E-state index in [0.717, 1.165) is 11.1 Å². The molecule has 3 aromatic heterocycles. The molecule has 1 N–H and O–H groups in total. The van der Waals surface area contributed by atoms with Crippen molar-refractivity contribution >= 4 is 23.3 Å². The summed E-state index contributed by atoms with van der Waals surface area (Å²) in [5, 5.41) is 4.26. The molecule has 0 fully saturated rings. The number of nitrogens with one attached hydrogen (secondary N) is 1. The zero-order valence-corrected chi connectivity index (χ0v) is 19.1. The van der Waals surface area contributed by atoms with Crippen LogP contribution in [0.5, 0.6) is 0 Å². The third kappa shape index (κ3) is 4.51. The highest BCUT2D eigenvalue weighted by Crippen LogP contribution is 2.18. The monoisotopic (exact) mass is 465 g/mol. The number of hydrazone groups is 1. The summed E-state index contributed by atoms with van der Waals surface area (Å²) in [6.07, 6.45) is 3.25. The lowest BCUT2D eigenvalue weighted by molar-refractivity contribution is 0.653. The predicted octanol–water partition coefficient (Wildman–Crippen LogP) is 2.83. The summed E-state index contributed by atoms with van der Waals surface area (Å²) < 4.78 is 4.39. The summed E-state index contributed by atoms with van der Waals surface area (Å²) in [6.45, 7) is 0.539. The summed E-state index contributed by atoms with van der Waals surface area (Å²) in [7, 11) is 1.62. The maximum absolute atomic E-state index is 13.6. The van der Waals surface area contributed by atoms with E-state index in [1.54, 1.807) is 24.0 Å². The summed E-state index contributed by atoms with van der Waals surface area (Å²) in [5.74, 6) is 0.348. The number of hydrogen-bond donors (Lipinski definition) is 1. The molecule has 0 unspecified atom stereocenters. The van der Waals surface area contributed by atoms with Crippen molar-refractivity contribution in [2.24, 2.45) is 12.1 Å². The number of rotatable bonds is 7. The van der Waals surface area contributed by atoms with E-state index in [1.807, 2.05) is 78.9 Å². The van der Waals surface area contributed by atoms with Gasteiger partial charge in [0.25, 0.3) is 5.56 Å². The molecule has 0 amide bonds. The molecule has 0 saturated carbocycles. The number of benzene rings is 2. The first-order valence-electron chi connectivity index (χ1n) is 11.1. The number of anilines is 1. The molecule has 3 heterocycles. The molecule has 5 rings (SSSR count). The maximum atomic E-state index is 13.6. The molecular formula is C26H23N7O2. The number of fused-ring (bicyclic) bond motifs is 1. The van der Waals surface area contributed by atoms with Crippen molar-refractivity contribution in [3.05, 3.63) is 123 Å². The van der Waals surface area contributed by atoms with E-state index >= 15 is 0 Å². The van der Waals surface area contributed by atoms with E-state index in [1.165, 1.54) is 9.13 Å². The second kappa shape index (κ2) is 9.60. The number of nitrogens with zero attached hydrogens (tertiary/aromatic N) is 6. The molecule has 0 aliphatic heterocycles. The highest BCUT2D eigenvalue weighted by atomic mass is 16.2. The smallest absolute Gasteiger partial charge is 0.298 e. The van der Waals surface area contributed by atoms with Gasteiger partial charge in [-0.15, -0.1) is 0 Å². The number of aryl methyl sites for hydroxylation is 1. The highest BCUT2D eigenvalue weighted by molar-refractivity contribution is 5.78. The molecule has 2 aromatic carbocycles. The SMILES string of the molecule is Cn1c(=O)n(Cc2ccccc2)c(=O)c2c1nc(N/N=C/c1ccccn1)n2Cc1ccccc1. The van der Waals surface area contributed by atoms with Crippen molar-refractivity contribution in [3.8, 4) is 0 Å². The van der Waals surface area contributed by atoms with Crippen molar-refractivity contribution in [2.75, 3.05) is 5.43 Å². The average Bonchev–Trinajstić information content (AvgIpc) is 3.25. The van der Waals surface area contributed by atoms with Crippen LogP contribution < -0.4 is 16.7 Å². The molecule has 0 aliphatic carbocycles. The number of imidazole rings is 1. The van der Waals surface area contributed by atoms with Gasteiger partial charge in [-0.3, -0.25) is 23.5 Å². The quantitative estimate of drug-likeness (QED) is 0.294. The number of hydrogen-bond acceptors (Lipinski definition) is 6. The Morgan fingerprint density at radius 1 is 0.857 bits per heavy atom. The molecule has 35 heavy (non-hydrogen) atoms. The van der Waals surface area contributed by atoms with Crippen LogP contribution in [0.3, 0.4) is 0 Å². The van der Waals surface area contributed by atoms with Gasteiger partial charge in [0.1, 0.15) is 0 Å². The van der Waals surface area contributed by atoms with Crippen molar-refractivity contribution in [2.45, 2.75) is 13.1 Å². The maximum Gasteiger partial charge on any atom is 0.332 e. The minimum absolute atomic E-state index is 0.166. The van der Waals surface area contributed by atoms with E-state index in [0.29, 0.717) is 23.7 Å². The van der Waals surface area contributed by atoms with Gasteiger partial charge in [0, 0.05) is 13.2 Å². The Labute approximate surface area is 200 Å². The predicted molar refractivity (Wildman–Crippen MR) is 136 cm³/mol. The van der Waals surface area contributed by atoms with Crippen LogP contribution in [0.15, 0.2) is 99.8 Å². The Hall–Kier alpha value is -4.79. The molecule has 0 radical (unpaired) electrons. The first-order valence-corrected chi connectivity index (χ1v) is 11.1. The van der Waals surface area contributed by atoms with Crippen LogP contribution in [0.25, 0.3) is 11.2 Å². The first kappa shape index (κ1) is 22.0. The van der Waals surface area contributed by atoms with Gasteiger partial charge < -0.3 is 0 Å². The minimum atomic E-state index is -0.431. The zero-order valence-electron chi connectivity index (χ0n) is 19.1. The van der Waals surface area contributed by atoms with Gasteiger partial charge in [0.15, 0.2) is 11.2 Å². The van der Waals surface area contributed by atoms with Gasteiger partial charge in [-0.2, -0.15) is 10.1 Å². The van der Waals surface area contributed by atoms with E-state index in [-0.39, 0.29) is 12.2 Å². The van der Waals surface area contributed by atoms with Crippen LogP contribution in [0.2, 0.25) is 0 Å². The van der Waals surface area contributed by atoms with Gasteiger partial charge in [0.2, 0.25) is 5.95 Å². The van der Waals surface area contributed by atoms with Gasteiger partial charge in [-0.1, -0.05) is 66.7 Å². The van der Waals surface area contributed by atoms with E-state index < -0.39 is 11.2 Å². The van der Waals surface area contributed by atoms with Crippen molar-refractivity contribution < 1.29 is 0 Å². The normalized spacial score (nSPS) is 11.3. The summed E-state index contributed by atoms with van der Waals surface area (Å²) >= 11 is 0. The second-order valence-electron chi connectivity index (χ2n) is 8.02. The van der Waals surface area contributed by atoms with Gasteiger partial charge >= 0.3 is 5.69 Å². The fourth-order valence-corrected chi connectivity index (χ4v) is 3.89. The van der Waals surface area contributed by atoms with E-state index in [2.05, 4.69) is 20.5 Å². The molecule has 0 spiro atoms. The fraction of sp³-hybridized carbons (Fsp3) is 0.115. The Morgan fingerprint density at radius 3 is 2.11 bits per heavy atom. The molecule has 0 saturated heterocycles. The van der Waals surface area contributed by atoms with Crippen LogP contribution in [-0.4, -0.2) is 29.9 Å². The third-order valence-electron chi connectivity index (χ3n) is 5.65. The van der Waals surface area contributed by atoms with Crippen LogP contribution >= 0.6 is 0 Å². The first-order chi connectivity index (χ1) is 17.1. The highest BCUT2D eigenvalue weighted by Gasteiger charge is 2.20. The lowest BCUT2D eigenvalue weighted by Gasteiger charge is -2.11. The van der Waals surface area contributed by atoms with Crippen LogP contribution in [0, 0.1) is 0 Å². The summed E-state index contributed by atoms with van der Waals surface area (Å²) in [4.78, 5) is 35.5. The van der Waals surface area contributed by atoms with Crippen LogP contribution in [0.4, 0.5) is 5.95 Å². The van der Waals surface area contributed by atoms with Gasteiger partial charge in [-0.05, 0) is 23.3 Å². The fourth-order valence-electron chi connectivity index (χ4n) is 3.89. The second-order valence-corrected chi connectivity index (χ2v) is 8.02. The molecule has 9 heteroatoms. The van der Waals surface area contributed by atoms with E-state index in [9.17, 15) is 9.59 Å². The van der Waals surface area contributed by atoms with Crippen LogP contribution in [-0.2, 0) is 20.1 Å². The molecule has 0 aliphatic rings. The largest absolute Gasteiger partial charge is 0.332 e. The van der Waals surface area contributed by atoms with Crippen LogP contribution in [0.1, 0.15) is 16.8 Å². The minimum Gasteiger partial charge on any atom is -0.298 e. The van der Waals surface area contributed by atoms with Gasteiger partial charge in [-0.25, -0.2) is 10.2 Å². The summed E-state index contributed by atoms with van der Waals surface area (Å²) in [5.41, 5.74) is 5.21. The lowest BCUT2D eigenvalue weighted by atomic mass is 10.2. The molecule has 9 nitrogen and oxygen atoms in total. The topological polar surface area (TPSA) is 99.1 Å². The molecule has 0 bridgehead atoms. The molecular weight excluding hydrogens is 442 g/mol. The van der Waals surface area contributed by atoms with Crippen molar-refractivity contribution in [1.82, 2.24) is 23.7 Å². The standard InChI is InChI=1S/C26H23N7O2/c1-31-23-22(24(34)33(26(31)35)18-20-12-6-3-7-13-20)32(17-19-10-4-2-5-11-19)25(29-23)30-28-16-21-14-8-9-15-27-21/h2-16H,17-18H2,1H3,(H,29,30)/b28-16+. The molecule has 174 valence electrons. The zero-order chi connectivity index (χ0) is 24.2. The Kier molecular flexibility index (Phi) is 6.04. The van der Waals surface area contributed by atoms with Crippen molar-refractivity contribution in [3.63, 3.8) is 0 Å². The van der Waals surface area contributed by atoms with Gasteiger partial charge in [0.05, 0.1) is 25.0 Å². The Bertz CT molecular complexity index is 1600. The van der Waals surface area contributed by atoms with E-state index in [4.69, 9.17) is 0 Å². The third-order valence-corrected chi connectivity index (χ3v) is 5.65. The lowest BCUT2D eigenvalue weighted by Crippen LogP contribution is -2.40. The average molecular weight is 466 g/mol. The number of aromatic nitrogens is 5.